The third-order valence-corrected chi connectivity index (χ3v) is 3.90. The van der Waals surface area contributed by atoms with E-state index in [1.165, 1.54) is 0 Å². The van der Waals surface area contributed by atoms with Crippen molar-refractivity contribution >= 4 is 5.91 Å². The molecule has 0 spiro atoms. The second kappa shape index (κ2) is 5.95. The van der Waals surface area contributed by atoms with Crippen LogP contribution in [0.25, 0.3) is 0 Å². The molecule has 0 saturated carbocycles. The lowest BCUT2D eigenvalue weighted by Gasteiger charge is -2.38. The van der Waals surface area contributed by atoms with Crippen LogP contribution in [0, 0.1) is 0 Å². The third kappa shape index (κ3) is 3.47. The second-order valence-electron chi connectivity index (χ2n) is 6.32. The van der Waals surface area contributed by atoms with Gasteiger partial charge in [-0.15, -0.1) is 0 Å². The first-order valence-corrected chi connectivity index (χ1v) is 7.59. The monoisotopic (exact) mass is 315 g/mol. The number of ether oxygens (including phenoxy) is 2. The number of fused-ring (bicyclic) bond motifs is 1. The molecule has 1 unspecified atom stereocenters. The van der Waals surface area contributed by atoms with Crippen LogP contribution in [-0.4, -0.2) is 28.2 Å². The molecule has 1 N–H and O–H groups in total. The minimum Gasteiger partial charge on any atom is -0.497 e. The van der Waals surface area contributed by atoms with Gasteiger partial charge in [0, 0.05) is 30.4 Å². The fourth-order valence-corrected chi connectivity index (χ4v) is 2.87. The average molecular weight is 315 g/mol. The Bertz CT molecular complexity index is 695. The number of nitrogens with one attached hydrogen (secondary N) is 1. The van der Waals surface area contributed by atoms with Gasteiger partial charge in [0.15, 0.2) is 0 Å². The van der Waals surface area contributed by atoms with Crippen molar-refractivity contribution in [3.8, 4) is 11.5 Å². The molecule has 2 aromatic rings. The summed E-state index contributed by atoms with van der Waals surface area (Å²) in [7, 11) is 1.63. The van der Waals surface area contributed by atoms with E-state index in [1.54, 1.807) is 30.4 Å². The minimum absolute atomic E-state index is 0.0486. The summed E-state index contributed by atoms with van der Waals surface area (Å²) < 4.78 is 13.0. The van der Waals surface area contributed by atoms with Gasteiger partial charge in [0.2, 0.25) is 5.91 Å². The maximum Gasteiger partial charge on any atom is 0.240 e. The number of aromatic nitrogens is 2. The van der Waals surface area contributed by atoms with E-state index in [2.05, 4.69) is 10.3 Å². The van der Waals surface area contributed by atoms with Gasteiger partial charge in [-0.3, -0.25) is 4.79 Å². The summed E-state index contributed by atoms with van der Waals surface area (Å²) in [5.41, 5.74) is 0.621. The van der Waals surface area contributed by atoms with Crippen molar-refractivity contribution < 1.29 is 14.3 Å². The Morgan fingerprint density at radius 3 is 3.04 bits per heavy atom. The van der Waals surface area contributed by atoms with Crippen molar-refractivity contribution in [3.63, 3.8) is 0 Å². The molecule has 0 bridgehead atoms. The molecule has 23 heavy (non-hydrogen) atoms. The number of nitrogens with zero attached hydrogens (tertiary/aromatic N) is 2. The first-order chi connectivity index (χ1) is 11.0. The van der Waals surface area contributed by atoms with E-state index in [0.717, 1.165) is 17.1 Å². The van der Waals surface area contributed by atoms with Crippen molar-refractivity contribution in [1.82, 2.24) is 14.9 Å². The second-order valence-corrected chi connectivity index (χ2v) is 6.32. The summed E-state index contributed by atoms with van der Waals surface area (Å²) in [5, 5.41) is 3.10. The van der Waals surface area contributed by atoms with Crippen LogP contribution in [0.2, 0.25) is 0 Å². The number of rotatable bonds is 4. The Balaban J connectivity index is 1.80. The Morgan fingerprint density at radius 1 is 1.52 bits per heavy atom. The fourth-order valence-electron chi connectivity index (χ4n) is 2.87. The summed E-state index contributed by atoms with van der Waals surface area (Å²) in [4.78, 5) is 16.2. The third-order valence-electron chi connectivity index (χ3n) is 3.90. The van der Waals surface area contributed by atoms with Crippen molar-refractivity contribution in [2.75, 3.05) is 7.11 Å². The topological polar surface area (TPSA) is 65.4 Å². The van der Waals surface area contributed by atoms with Gasteiger partial charge >= 0.3 is 0 Å². The van der Waals surface area contributed by atoms with Gasteiger partial charge in [-0.05, 0) is 26.0 Å². The van der Waals surface area contributed by atoms with Gasteiger partial charge in [-0.25, -0.2) is 4.98 Å². The lowest BCUT2D eigenvalue weighted by atomic mass is 9.89. The molecule has 3 rings (SSSR count). The zero-order valence-corrected chi connectivity index (χ0v) is 13.6. The van der Waals surface area contributed by atoms with Crippen molar-refractivity contribution in [3.05, 3.63) is 42.5 Å². The number of amides is 1. The number of carbonyl (C=O) groups is 1. The Labute approximate surface area is 135 Å². The molecule has 0 fully saturated rings. The van der Waals surface area contributed by atoms with E-state index in [-0.39, 0.29) is 24.1 Å². The van der Waals surface area contributed by atoms with Crippen LogP contribution < -0.4 is 14.8 Å². The van der Waals surface area contributed by atoms with Crippen molar-refractivity contribution in [1.29, 1.82) is 0 Å². The molecule has 1 atom stereocenters. The van der Waals surface area contributed by atoms with Gasteiger partial charge in [-0.2, -0.15) is 0 Å². The number of methoxy groups -OCH3 is 1. The molecule has 1 aliphatic heterocycles. The predicted molar refractivity (Wildman–Crippen MR) is 85.4 cm³/mol. The van der Waals surface area contributed by atoms with Gasteiger partial charge in [-0.1, -0.05) is 0 Å². The van der Waals surface area contributed by atoms with Gasteiger partial charge in [0.1, 0.15) is 23.6 Å². The van der Waals surface area contributed by atoms with Crippen LogP contribution in [0.4, 0.5) is 0 Å². The molecule has 0 aliphatic carbocycles. The van der Waals surface area contributed by atoms with E-state index in [9.17, 15) is 4.79 Å². The molecule has 6 nitrogen and oxygen atoms in total. The summed E-state index contributed by atoms with van der Waals surface area (Å²) in [5.74, 6) is 1.45. The maximum atomic E-state index is 12.3. The Hall–Kier alpha value is -2.50. The number of hydrogen-bond acceptors (Lipinski definition) is 4. The average Bonchev–Trinajstić information content (AvgIpc) is 2.98. The zero-order valence-electron chi connectivity index (χ0n) is 13.6. The maximum absolute atomic E-state index is 12.3. The summed E-state index contributed by atoms with van der Waals surface area (Å²) in [6.07, 6.45) is 5.77. The van der Waals surface area contributed by atoms with E-state index < -0.39 is 0 Å². The van der Waals surface area contributed by atoms with Crippen LogP contribution in [0.5, 0.6) is 11.5 Å². The lowest BCUT2D eigenvalue weighted by molar-refractivity contribution is -0.122. The van der Waals surface area contributed by atoms with Gasteiger partial charge in [0.25, 0.3) is 0 Å². The smallest absolute Gasteiger partial charge is 0.240 e. The molecule has 2 heterocycles. The molecule has 1 aliphatic rings. The minimum atomic E-state index is -0.355. The number of imidazole rings is 1. The van der Waals surface area contributed by atoms with Crippen molar-refractivity contribution in [2.24, 2.45) is 0 Å². The molecule has 1 amide bonds. The number of benzene rings is 1. The highest BCUT2D eigenvalue weighted by molar-refractivity contribution is 5.76. The zero-order chi connectivity index (χ0) is 16.4. The molecule has 122 valence electrons. The van der Waals surface area contributed by atoms with Crippen LogP contribution in [0.3, 0.4) is 0 Å². The van der Waals surface area contributed by atoms with Crippen LogP contribution in [0.15, 0.2) is 36.9 Å². The van der Waals surface area contributed by atoms with E-state index in [4.69, 9.17) is 9.47 Å². The highest BCUT2D eigenvalue weighted by Gasteiger charge is 2.34. The highest BCUT2D eigenvalue weighted by Crippen LogP contribution is 2.41. The SMILES string of the molecule is COc1ccc2c(c1)OC(C)(C)CC2NC(=O)Cn1ccnc1. The number of carbonyl (C=O) groups excluding carboxylic acids is 1. The Morgan fingerprint density at radius 2 is 2.35 bits per heavy atom. The Kier molecular flexibility index (Phi) is 3.98. The highest BCUT2D eigenvalue weighted by atomic mass is 16.5. The van der Waals surface area contributed by atoms with Crippen LogP contribution in [-0.2, 0) is 11.3 Å². The summed E-state index contributed by atoms with van der Waals surface area (Å²) in [6.45, 7) is 4.29. The molecule has 1 aromatic heterocycles. The molecule has 0 saturated heterocycles. The first kappa shape index (κ1) is 15.4. The quantitative estimate of drug-likeness (QED) is 0.940. The van der Waals surface area contributed by atoms with Gasteiger partial charge in [0.05, 0.1) is 19.5 Å². The van der Waals surface area contributed by atoms with Crippen LogP contribution in [0.1, 0.15) is 31.9 Å². The van der Waals surface area contributed by atoms with E-state index >= 15 is 0 Å². The molecule has 1 aromatic carbocycles. The largest absolute Gasteiger partial charge is 0.497 e. The molecule has 0 radical (unpaired) electrons. The normalized spacial score (nSPS) is 18.7. The first-order valence-electron chi connectivity index (χ1n) is 7.59. The predicted octanol–water partition coefficient (Wildman–Crippen LogP) is 2.31. The fraction of sp³-hybridized carbons (Fsp3) is 0.412. The molecular weight excluding hydrogens is 294 g/mol. The van der Waals surface area contributed by atoms with E-state index in [0.29, 0.717) is 6.42 Å². The van der Waals surface area contributed by atoms with Crippen LogP contribution >= 0.6 is 0 Å². The molecular formula is C17H21N3O3. The summed E-state index contributed by atoms with van der Waals surface area (Å²) in [6, 6.07) is 5.61. The number of hydrogen-bond donors (Lipinski definition) is 1. The molecule has 6 heteroatoms. The standard InChI is InChI=1S/C17H21N3O3/c1-17(2)9-14(19-16(21)10-20-7-6-18-11-20)13-5-4-12(22-3)8-15(13)23-17/h4-8,11,14H,9-10H2,1-3H3,(H,19,21). The van der Waals surface area contributed by atoms with Crippen molar-refractivity contribution in [2.45, 2.75) is 38.5 Å². The lowest BCUT2D eigenvalue weighted by Crippen LogP contribution is -2.42. The van der Waals surface area contributed by atoms with E-state index in [1.807, 2.05) is 32.0 Å². The summed E-state index contributed by atoms with van der Waals surface area (Å²) >= 11 is 0. The van der Waals surface area contributed by atoms with Gasteiger partial charge < -0.3 is 19.4 Å².